The summed E-state index contributed by atoms with van der Waals surface area (Å²) in [5.41, 5.74) is 0.915. The van der Waals surface area contributed by atoms with Gasteiger partial charge in [-0.05, 0) is 31.0 Å². The molecule has 0 saturated carbocycles. The third-order valence-electron chi connectivity index (χ3n) is 4.28. The number of carbonyl (C=O) groups excluding carboxylic acids is 1. The smallest absolute Gasteiger partial charge is 0.239 e. The van der Waals surface area contributed by atoms with E-state index in [1.54, 1.807) is 26.3 Å². The third kappa shape index (κ3) is 8.29. The maximum Gasteiger partial charge on any atom is 0.239 e. The molecule has 9 heteroatoms. The van der Waals surface area contributed by atoms with Crippen molar-refractivity contribution in [3.63, 3.8) is 0 Å². The van der Waals surface area contributed by atoms with Gasteiger partial charge in [-0.15, -0.1) is 24.0 Å². The molecule has 7 nitrogen and oxygen atoms in total. The van der Waals surface area contributed by atoms with Gasteiger partial charge in [0.2, 0.25) is 5.91 Å². The molecule has 152 valence electrons. The summed E-state index contributed by atoms with van der Waals surface area (Å²) in [5, 5.41) is 9.11. The molecule has 1 aromatic carbocycles. The van der Waals surface area contributed by atoms with Crippen LogP contribution in [0.5, 0.6) is 0 Å². The predicted octanol–water partition coefficient (Wildman–Crippen LogP) is 1.34. The molecule has 27 heavy (non-hydrogen) atoms. The summed E-state index contributed by atoms with van der Waals surface area (Å²) in [6.45, 7) is 2.82. The quantitative estimate of drug-likeness (QED) is 0.231. The van der Waals surface area contributed by atoms with E-state index in [0.29, 0.717) is 19.1 Å². The number of methoxy groups -OCH3 is 1. The molecule has 1 fully saturated rings. The molecule has 1 heterocycles. The van der Waals surface area contributed by atoms with Crippen molar-refractivity contribution in [1.29, 1.82) is 0 Å². The van der Waals surface area contributed by atoms with Crippen LogP contribution in [-0.4, -0.2) is 64.9 Å². The Morgan fingerprint density at radius 1 is 1.33 bits per heavy atom. The molecule has 1 aliphatic heterocycles. The van der Waals surface area contributed by atoms with E-state index >= 15 is 0 Å². The first-order chi connectivity index (χ1) is 12.6. The topological polar surface area (TPSA) is 78.0 Å². The first-order valence-electron chi connectivity index (χ1n) is 8.85. The molecule has 3 N–H and O–H groups in total. The molecule has 0 radical (unpaired) electrons. The first kappa shape index (κ1) is 23.4. The van der Waals surface area contributed by atoms with E-state index in [0.717, 1.165) is 31.6 Å². The van der Waals surface area contributed by atoms with Gasteiger partial charge in [0.05, 0.1) is 13.2 Å². The predicted molar refractivity (Wildman–Crippen MR) is 116 cm³/mol. The van der Waals surface area contributed by atoms with E-state index in [9.17, 15) is 9.18 Å². The minimum Gasteiger partial charge on any atom is -0.383 e. The van der Waals surface area contributed by atoms with Gasteiger partial charge >= 0.3 is 0 Å². The second-order valence-electron chi connectivity index (χ2n) is 6.15. The van der Waals surface area contributed by atoms with Crippen molar-refractivity contribution in [2.24, 2.45) is 4.99 Å². The Kier molecular flexibility index (Phi) is 11.0. The number of piperidine rings is 1. The highest BCUT2D eigenvalue weighted by atomic mass is 127. The van der Waals surface area contributed by atoms with E-state index in [-0.39, 0.29) is 48.3 Å². The molecule has 1 saturated heterocycles. The molecular weight excluding hydrogens is 464 g/mol. The summed E-state index contributed by atoms with van der Waals surface area (Å²) in [4.78, 5) is 18.1. The number of anilines is 1. The minimum atomic E-state index is -0.212. The number of nitrogens with one attached hydrogen (secondary N) is 3. The summed E-state index contributed by atoms with van der Waals surface area (Å²) in [7, 11) is 3.27. The van der Waals surface area contributed by atoms with Gasteiger partial charge in [-0.2, -0.15) is 0 Å². The summed E-state index contributed by atoms with van der Waals surface area (Å²) in [6.07, 6.45) is 1.83. The number of rotatable bonds is 7. The molecule has 2 rings (SSSR count). The van der Waals surface area contributed by atoms with Crippen molar-refractivity contribution in [2.45, 2.75) is 18.9 Å². The van der Waals surface area contributed by atoms with Crippen LogP contribution >= 0.6 is 24.0 Å². The Balaban J connectivity index is 0.00000364. The van der Waals surface area contributed by atoms with Crippen LogP contribution in [0.4, 0.5) is 10.1 Å². The molecule has 0 atom stereocenters. The van der Waals surface area contributed by atoms with Crippen LogP contribution in [0.2, 0.25) is 0 Å². The van der Waals surface area contributed by atoms with E-state index in [1.807, 2.05) is 6.07 Å². The summed E-state index contributed by atoms with van der Waals surface area (Å²) >= 11 is 0. The van der Waals surface area contributed by atoms with Crippen molar-refractivity contribution in [3.05, 3.63) is 30.1 Å². The van der Waals surface area contributed by atoms with Crippen LogP contribution in [0.15, 0.2) is 29.3 Å². The number of hydrogen-bond donors (Lipinski definition) is 3. The number of halogens is 2. The van der Waals surface area contributed by atoms with Gasteiger partial charge in [0.25, 0.3) is 0 Å². The van der Waals surface area contributed by atoms with Crippen LogP contribution in [0.3, 0.4) is 0 Å². The highest BCUT2D eigenvalue weighted by Crippen LogP contribution is 2.20. The van der Waals surface area contributed by atoms with Crippen LogP contribution < -0.4 is 20.9 Å². The molecule has 0 unspecified atom stereocenters. The fourth-order valence-corrected chi connectivity index (χ4v) is 2.86. The molecule has 1 amide bonds. The largest absolute Gasteiger partial charge is 0.383 e. The highest BCUT2D eigenvalue weighted by molar-refractivity contribution is 14.0. The lowest BCUT2D eigenvalue weighted by molar-refractivity contribution is -0.120. The van der Waals surface area contributed by atoms with Gasteiger partial charge in [-0.3, -0.25) is 9.79 Å². The maximum atomic E-state index is 13.4. The number of nitrogens with zero attached hydrogens (tertiary/aromatic N) is 2. The average molecular weight is 493 g/mol. The van der Waals surface area contributed by atoms with Crippen molar-refractivity contribution in [2.75, 3.05) is 51.8 Å². The van der Waals surface area contributed by atoms with Crippen molar-refractivity contribution >= 4 is 41.5 Å². The monoisotopic (exact) mass is 493 g/mol. The fourth-order valence-electron chi connectivity index (χ4n) is 2.86. The zero-order valence-electron chi connectivity index (χ0n) is 15.8. The molecule has 0 aliphatic carbocycles. The Morgan fingerprint density at radius 2 is 2.07 bits per heavy atom. The average Bonchev–Trinajstić information content (AvgIpc) is 2.66. The van der Waals surface area contributed by atoms with Gasteiger partial charge in [0.1, 0.15) is 5.82 Å². The molecule has 0 aromatic heterocycles. The van der Waals surface area contributed by atoms with E-state index in [2.05, 4.69) is 25.8 Å². The lowest BCUT2D eigenvalue weighted by atomic mass is 10.0. The second-order valence-corrected chi connectivity index (χ2v) is 6.15. The minimum absolute atomic E-state index is 0. The molecule has 1 aromatic rings. The molecular formula is C18H29FIN5O2. The lowest BCUT2D eigenvalue weighted by Gasteiger charge is -2.34. The zero-order valence-corrected chi connectivity index (χ0v) is 18.2. The van der Waals surface area contributed by atoms with Crippen LogP contribution in [-0.2, 0) is 9.53 Å². The molecule has 1 aliphatic rings. The lowest BCUT2D eigenvalue weighted by Crippen LogP contribution is -2.50. The number of carbonyl (C=O) groups is 1. The summed E-state index contributed by atoms with van der Waals surface area (Å²) < 4.78 is 18.3. The van der Waals surface area contributed by atoms with Crippen LogP contribution in [0, 0.1) is 5.82 Å². The SMILES string of the molecule is CN=C(NCC(=O)NCCOC)NC1CCN(c2cccc(F)c2)CC1.I. The summed E-state index contributed by atoms with van der Waals surface area (Å²) in [5.74, 6) is 0.290. The molecule has 0 bridgehead atoms. The van der Waals surface area contributed by atoms with Gasteiger partial charge in [-0.25, -0.2) is 4.39 Å². The molecule has 0 spiro atoms. The van der Waals surface area contributed by atoms with Gasteiger partial charge < -0.3 is 25.6 Å². The number of benzene rings is 1. The van der Waals surface area contributed by atoms with Crippen LogP contribution in [0.1, 0.15) is 12.8 Å². The Labute approximate surface area is 177 Å². The number of aliphatic imine (C=N–C) groups is 1. The third-order valence-corrected chi connectivity index (χ3v) is 4.28. The number of amides is 1. The van der Waals surface area contributed by atoms with Crippen molar-refractivity contribution < 1.29 is 13.9 Å². The standard InChI is InChI=1S/C18H28FN5O2.HI/c1-20-18(22-13-17(25)21-8-11-26-2)23-15-6-9-24(10-7-15)16-5-3-4-14(19)12-16;/h3-5,12,15H,6-11,13H2,1-2H3,(H,21,25)(H2,20,22,23);1H. The number of guanidine groups is 1. The zero-order chi connectivity index (χ0) is 18.8. The Morgan fingerprint density at radius 3 is 2.70 bits per heavy atom. The second kappa shape index (κ2) is 12.7. The normalized spacial score (nSPS) is 15.1. The Bertz CT molecular complexity index is 609. The first-order valence-corrected chi connectivity index (χ1v) is 8.85. The van der Waals surface area contributed by atoms with E-state index in [4.69, 9.17) is 4.74 Å². The number of hydrogen-bond acceptors (Lipinski definition) is 4. The van der Waals surface area contributed by atoms with E-state index in [1.165, 1.54) is 6.07 Å². The van der Waals surface area contributed by atoms with Crippen LogP contribution in [0.25, 0.3) is 0 Å². The highest BCUT2D eigenvalue weighted by Gasteiger charge is 2.20. The van der Waals surface area contributed by atoms with Gasteiger partial charge in [0, 0.05) is 45.5 Å². The fraction of sp³-hybridized carbons (Fsp3) is 0.556. The summed E-state index contributed by atoms with van der Waals surface area (Å²) in [6, 6.07) is 6.95. The number of ether oxygens (including phenoxy) is 1. The van der Waals surface area contributed by atoms with Gasteiger partial charge in [-0.1, -0.05) is 6.07 Å². The van der Waals surface area contributed by atoms with E-state index < -0.39 is 0 Å². The van der Waals surface area contributed by atoms with Crippen molar-refractivity contribution in [3.8, 4) is 0 Å². The Hall–Kier alpha value is -1.62. The van der Waals surface area contributed by atoms with Gasteiger partial charge in [0.15, 0.2) is 5.96 Å². The maximum absolute atomic E-state index is 13.4. The van der Waals surface area contributed by atoms with Crippen molar-refractivity contribution in [1.82, 2.24) is 16.0 Å².